The van der Waals surface area contributed by atoms with Gasteiger partial charge in [-0.05, 0) is 44.0 Å². The van der Waals surface area contributed by atoms with Crippen LogP contribution in [-0.4, -0.2) is 41.1 Å². The van der Waals surface area contributed by atoms with Crippen LogP contribution in [0.1, 0.15) is 40.8 Å². The molecule has 1 aliphatic carbocycles. The summed E-state index contributed by atoms with van der Waals surface area (Å²) in [6, 6.07) is 17.2. The fourth-order valence-corrected chi connectivity index (χ4v) is 3.90. The normalized spacial score (nSPS) is 13.4. The SMILES string of the molecule is Cc1c(C(=O)Nc2cccc(-c3n[nH]c(C4CC4)n3)c2)nnn1-c1cccc2cccnc12. The molecule has 9 nitrogen and oxygen atoms in total. The predicted octanol–water partition coefficient (Wildman–Crippen LogP) is 4.04. The maximum Gasteiger partial charge on any atom is 0.278 e. The van der Waals surface area contributed by atoms with E-state index in [0.717, 1.165) is 40.8 Å². The molecule has 0 aliphatic heterocycles. The van der Waals surface area contributed by atoms with Gasteiger partial charge in [0.05, 0.1) is 16.9 Å². The summed E-state index contributed by atoms with van der Waals surface area (Å²) >= 11 is 0. The van der Waals surface area contributed by atoms with Crippen LogP contribution in [0.2, 0.25) is 0 Å². The van der Waals surface area contributed by atoms with Crippen molar-refractivity contribution in [1.29, 1.82) is 0 Å². The fourth-order valence-electron chi connectivity index (χ4n) is 3.90. The van der Waals surface area contributed by atoms with Crippen LogP contribution >= 0.6 is 0 Å². The maximum atomic E-state index is 13.0. The van der Waals surface area contributed by atoms with Gasteiger partial charge in [0.2, 0.25) is 0 Å². The molecular weight excluding hydrogens is 416 g/mol. The molecule has 33 heavy (non-hydrogen) atoms. The highest BCUT2D eigenvalue weighted by molar-refractivity contribution is 6.04. The molecule has 1 amide bonds. The Balaban J connectivity index is 1.27. The van der Waals surface area contributed by atoms with E-state index in [1.165, 1.54) is 0 Å². The highest BCUT2D eigenvalue weighted by atomic mass is 16.2. The third kappa shape index (κ3) is 3.53. The fraction of sp³-hybridized carbons (Fsp3) is 0.167. The zero-order valence-corrected chi connectivity index (χ0v) is 17.9. The number of nitrogens with zero attached hydrogens (tertiary/aromatic N) is 6. The third-order valence-corrected chi connectivity index (χ3v) is 5.79. The summed E-state index contributed by atoms with van der Waals surface area (Å²) in [5.41, 5.74) is 3.92. The number of para-hydroxylation sites is 1. The first-order valence-electron chi connectivity index (χ1n) is 10.8. The summed E-state index contributed by atoms with van der Waals surface area (Å²) in [6.45, 7) is 1.82. The van der Waals surface area contributed by atoms with Gasteiger partial charge in [0.15, 0.2) is 11.5 Å². The molecule has 0 radical (unpaired) electrons. The number of anilines is 1. The molecule has 2 N–H and O–H groups in total. The number of aromatic amines is 1. The van der Waals surface area contributed by atoms with Crippen molar-refractivity contribution in [3.63, 3.8) is 0 Å². The average Bonchev–Trinajstić information content (AvgIpc) is 3.44. The Kier molecular flexibility index (Phi) is 4.46. The van der Waals surface area contributed by atoms with Gasteiger partial charge in [-0.2, -0.15) is 5.10 Å². The standard InChI is InChI=1S/C24H20N8O/c1-14-20(28-31-32(14)19-9-3-5-15-7-4-12-25-21(15)19)24(33)26-18-8-2-6-17(13-18)23-27-22(29-30-23)16-10-11-16/h2-9,12-13,16H,10-11H2,1H3,(H,26,33)(H,27,29,30). The first kappa shape index (κ1) is 19.3. The van der Waals surface area contributed by atoms with Crippen LogP contribution in [0.5, 0.6) is 0 Å². The van der Waals surface area contributed by atoms with Crippen LogP contribution in [-0.2, 0) is 0 Å². The van der Waals surface area contributed by atoms with E-state index >= 15 is 0 Å². The molecule has 1 aliphatic rings. The molecule has 0 unspecified atom stereocenters. The van der Waals surface area contributed by atoms with Gasteiger partial charge in [0.1, 0.15) is 5.82 Å². The Morgan fingerprint density at radius 3 is 2.85 bits per heavy atom. The molecular formula is C24H20N8O. The first-order chi connectivity index (χ1) is 16.2. The van der Waals surface area contributed by atoms with Gasteiger partial charge >= 0.3 is 0 Å². The Morgan fingerprint density at radius 2 is 1.97 bits per heavy atom. The van der Waals surface area contributed by atoms with Crippen molar-refractivity contribution in [2.24, 2.45) is 0 Å². The summed E-state index contributed by atoms with van der Waals surface area (Å²) < 4.78 is 1.65. The topological polar surface area (TPSA) is 114 Å². The second kappa shape index (κ2) is 7.63. The summed E-state index contributed by atoms with van der Waals surface area (Å²) in [5.74, 6) is 1.71. The van der Waals surface area contributed by atoms with Crippen molar-refractivity contribution in [2.75, 3.05) is 5.32 Å². The molecule has 0 saturated heterocycles. The largest absolute Gasteiger partial charge is 0.321 e. The first-order valence-corrected chi connectivity index (χ1v) is 10.8. The lowest BCUT2D eigenvalue weighted by atomic mass is 10.2. The van der Waals surface area contributed by atoms with Gasteiger partial charge < -0.3 is 5.32 Å². The van der Waals surface area contributed by atoms with Crippen molar-refractivity contribution in [2.45, 2.75) is 25.7 Å². The Labute approximate surface area is 188 Å². The summed E-state index contributed by atoms with van der Waals surface area (Å²) in [6.07, 6.45) is 4.04. The van der Waals surface area contributed by atoms with E-state index in [1.54, 1.807) is 10.9 Å². The molecule has 1 fully saturated rings. The quantitative estimate of drug-likeness (QED) is 0.430. The number of hydrogen-bond acceptors (Lipinski definition) is 6. The van der Waals surface area contributed by atoms with E-state index < -0.39 is 0 Å². The Bertz CT molecular complexity index is 1490. The Morgan fingerprint density at radius 1 is 1.12 bits per heavy atom. The van der Waals surface area contributed by atoms with E-state index in [0.29, 0.717) is 23.1 Å². The number of pyridine rings is 1. The van der Waals surface area contributed by atoms with Crippen LogP contribution in [0, 0.1) is 6.92 Å². The molecule has 1 saturated carbocycles. The molecule has 3 heterocycles. The van der Waals surface area contributed by atoms with Gasteiger partial charge in [-0.1, -0.05) is 35.5 Å². The number of nitrogens with one attached hydrogen (secondary N) is 2. The monoisotopic (exact) mass is 436 g/mol. The van der Waals surface area contributed by atoms with Gasteiger partial charge in [-0.25, -0.2) is 9.67 Å². The summed E-state index contributed by atoms with van der Waals surface area (Å²) in [5, 5.41) is 19.6. The van der Waals surface area contributed by atoms with E-state index in [-0.39, 0.29) is 11.6 Å². The maximum absolute atomic E-state index is 13.0. The van der Waals surface area contributed by atoms with E-state index in [2.05, 4.69) is 35.8 Å². The van der Waals surface area contributed by atoms with Crippen molar-refractivity contribution in [3.05, 3.63) is 78.0 Å². The van der Waals surface area contributed by atoms with E-state index in [1.807, 2.05) is 61.5 Å². The zero-order valence-electron chi connectivity index (χ0n) is 17.9. The van der Waals surface area contributed by atoms with Crippen molar-refractivity contribution >= 4 is 22.5 Å². The van der Waals surface area contributed by atoms with Crippen LogP contribution in [0.25, 0.3) is 28.0 Å². The van der Waals surface area contributed by atoms with Gasteiger partial charge in [0, 0.05) is 28.8 Å². The van der Waals surface area contributed by atoms with Crippen LogP contribution in [0.4, 0.5) is 5.69 Å². The van der Waals surface area contributed by atoms with Crippen LogP contribution in [0.15, 0.2) is 60.8 Å². The predicted molar refractivity (Wildman–Crippen MR) is 123 cm³/mol. The highest BCUT2D eigenvalue weighted by Gasteiger charge is 2.27. The lowest BCUT2D eigenvalue weighted by Gasteiger charge is -2.08. The molecule has 5 aromatic rings. The average molecular weight is 436 g/mol. The van der Waals surface area contributed by atoms with Gasteiger partial charge in [0.25, 0.3) is 5.91 Å². The number of carbonyl (C=O) groups excluding carboxylic acids is 1. The molecule has 0 bridgehead atoms. The number of rotatable bonds is 5. The minimum Gasteiger partial charge on any atom is -0.321 e. The second-order valence-corrected chi connectivity index (χ2v) is 8.14. The lowest BCUT2D eigenvalue weighted by Crippen LogP contribution is -2.14. The molecule has 0 spiro atoms. The minimum absolute atomic E-state index is 0.252. The minimum atomic E-state index is -0.335. The zero-order chi connectivity index (χ0) is 22.4. The highest BCUT2D eigenvalue weighted by Crippen LogP contribution is 2.38. The van der Waals surface area contributed by atoms with Gasteiger partial charge in [-0.15, -0.1) is 5.10 Å². The summed E-state index contributed by atoms with van der Waals surface area (Å²) in [7, 11) is 0. The van der Waals surface area contributed by atoms with Crippen LogP contribution in [0.3, 0.4) is 0 Å². The molecule has 2 aromatic carbocycles. The number of H-pyrrole nitrogens is 1. The second-order valence-electron chi connectivity index (χ2n) is 8.14. The molecule has 3 aromatic heterocycles. The Hall–Kier alpha value is -4.40. The third-order valence-electron chi connectivity index (χ3n) is 5.79. The lowest BCUT2D eigenvalue weighted by molar-refractivity contribution is 0.102. The number of amides is 1. The molecule has 9 heteroatoms. The number of carbonyl (C=O) groups is 1. The smallest absolute Gasteiger partial charge is 0.278 e. The van der Waals surface area contributed by atoms with Crippen LogP contribution < -0.4 is 5.32 Å². The molecule has 6 rings (SSSR count). The van der Waals surface area contributed by atoms with E-state index in [4.69, 9.17) is 0 Å². The molecule has 162 valence electrons. The van der Waals surface area contributed by atoms with Crippen molar-refractivity contribution in [1.82, 2.24) is 35.2 Å². The van der Waals surface area contributed by atoms with E-state index in [9.17, 15) is 4.79 Å². The number of aromatic nitrogens is 7. The van der Waals surface area contributed by atoms with Crippen molar-refractivity contribution in [3.8, 4) is 17.1 Å². The number of hydrogen-bond donors (Lipinski definition) is 2. The van der Waals surface area contributed by atoms with Crippen molar-refractivity contribution < 1.29 is 4.79 Å². The number of benzene rings is 2. The van der Waals surface area contributed by atoms with Gasteiger partial charge in [-0.3, -0.25) is 14.9 Å². The summed E-state index contributed by atoms with van der Waals surface area (Å²) in [4.78, 5) is 22.1. The number of fused-ring (bicyclic) bond motifs is 1. The molecule has 0 atom stereocenters.